The van der Waals surface area contributed by atoms with Crippen molar-refractivity contribution in [2.24, 2.45) is 0 Å². The zero-order chi connectivity index (χ0) is 52.1. The fourth-order valence-electron chi connectivity index (χ4n) is 7.42. The lowest BCUT2D eigenvalue weighted by Gasteiger charge is -2.46. The van der Waals surface area contributed by atoms with Gasteiger partial charge in [0.1, 0.15) is 11.6 Å². The van der Waals surface area contributed by atoms with Crippen LogP contribution in [0.5, 0.6) is 11.5 Å². The first-order valence-corrected chi connectivity index (χ1v) is 21.2. The Hall–Kier alpha value is -6.91. The zero-order valence-corrected chi connectivity index (χ0v) is 37.2. The third kappa shape index (κ3) is 12.0. The zero-order valence-electron chi connectivity index (χ0n) is 36.5. The SMILES string of the molecule is CCc1cc(N(CCc2ccc(C(F)(F)F)cn2)C(=O)[C@](O)(c2ccc(F)cc2)[C@@](O)(C(=O)N(CCc2ccc(C(F)(F)F)cn2)c2ccc(OC(F)F)c(OC(F)F)c2)c2ccc(F)cc2)ccc1Cl. The first-order chi connectivity index (χ1) is 33.4. The van der Waals surface area contributed by atoms with Gasteiger partial charge < -0.3 is 29.5 Å². The van der Waals surface area contributed by atoms with Gasteiger partial charge in [0.15, 0.2) is 11.5 Å². The third-order valence-electron chi connectivity index (χ3n) is 11.0. The monoisotopic (exact) mass is 1030 g/mol. The molecule has 0 fully saturated rings. The fourth-order valence-corrected chi connectivity index (χ4v) is 7.67. The van der Waals surface area contributed by atoms with Gasteiger partial charge in [-0.15, -0.1) is 0 Å². The van der Waals surface area contributed by atoms with Crippen molar-refractivity contribution < 1.29 is 82.0 Å². The minimum absolute atomic E-state index is 0.0418. The van der Waals surface area contributed by atoms with Crippen molar-refractivity contribution in [2.45, 2.75) is 63.0 Å². The predicted octanol–water partition coefficient (Wildman–Crippen LogP) is 10.8. The lowest BCUT2D eigenvalue weighted by atomic mass is 9.71. The van der Waals surface area contributed by atoms with E-state index in [9.17, 15) is 62.9 Å². The second-order valence-corrected chi connectivity index (χ2v) is 15.8. The van der Waals surface area contributed by atoms with E-state index >= 15 is 9.59 Å². The summed E-state index contributed by atoms with van der Waals surface area (Å²) in [7, 11) is 0. The first-order valence-electron chi connectivity index (χ1n) is 20.8. The van der Waals surface area contributed by atoms with Crippen LogP contribution in [0.4, 0.5) is 64.1 Å². The smallest absolute Gasteiger partial charge is 0.417 e. The van der Waals surface area contributed by atoms with Gasteiger partial charge in [-0.1, -0.05) is 42.8 Å². The summed E-state index contributed by atoms with van der Waals surface area (Å²) >= 11 is 6.42. The molecule has 0 aliphatic heterocycles. The molecule has 2 aromatic heterocycles. The van der Waals surface area contributed by atoms with Crippen LogP contribution in [0.3, 0.4) is 0 Å². The number of pyridine rings is 2. The van der Waals surface area contributed by atoms with Crippen molar-refractivity contribution in [2.75, 3.05) is 22.9 Å². The van der Waals surface area contributed by atoms with E-state index in [4.69, 9.17) is 11.6 Å². The van der Waals surface area contributed by atoms with Gasteiger partial charge in [-0.25, -0.2) is 8.78 Å². The van der Waals surface area contributed by atoms with E-state index in [1.54, 1.807) is 6.92 Å². The molecule has 0 bridgehead atoms. The highest BCUT2D eigenvalue weighted by Gasteiger charge is 2.64. The number of ether oxygens (including phenoxy) is 2. The highest BCUT2D eigenvalue weighted by Crippen LogP contribution is 2.47. The third-order valence-corrected chi connectivity index (χ3v) is 11.4. The number of hydrogen-bond donors (Lipinski definition) is 2. The summed E-state index contributed by atoms with van der Waals surface area (Å²) in [5.74, 6) is -7.51. The Kier molecular flexibility index (Phi) is 16.3. The van der Waals surface area contributed by atoms with Crippen molar-refractivity contribution in [3.8, 4) is 11.5 Å². The molecule has 2 amide bonds. The molecule has 376 valence electrons. The number of nitrogens with zero attached hydrogens (tertiary/aromatic N) is 4. The number of amides is 2. The topological polar surface area (TPSA) is 125 Å². The molecule has 10 nitrogen and oxygen atoms in total. The van der Waals surface area contributed by atoms with E-state index in [2.05, 4.69) is 19.4 Å². The number of hydrogen-bond acceptors (Lipinski definition) is 8. The normalized spacial score (nSPS) is 13.7. The summed E-state index contributed by atoms with van der Waals surface area (Å²) < 4.78 is 174. The number of carbonyl (C=O) groups excluding carboxylic acids is 2. The number of alkyl halides is 10. The van der Waals surface area contributed by atoms with Crippen molar-refractivity contribution in [1.82, 2.24) is 9.97 Å². The van der Waals surface area contributed by atoms with Crippen LogP contribution in [-0.4, -0.2) is 58.3 Å². The Morgan fingerprint density at radius 2 is 0.972 bits per heavy atom. The van der Waals surface area contributed by atoms with Crippen molar-refractivity contribution >= 4 is 34.8 Å². The minimum atomic E-state index is -4.84. The Morgan fingerprint density at radius 3 is 1.35 bits per heavy atom. The molecule has 6 rings (SSSR count). The van der Waals surface area contributed by atoms with E-state index in [0.717, 1.165) is 59.5 Å². The summed E-state index contributed by atoms with van der Waals surface area (Å²) in [5.41, 5.74) is -12.0. The molecule has 2 N–H and O–H groups in total. The van der Waals surface area contributed by atoms with E-state index in [1.807, 2.05) is 0 Å². The summed E-state index contributed by atoms with van der Waals surface area (Å²) in [6.45, 7) is -7.10. The Morgan fingerprint density at radius 1 is 0.577 bits per heavy atom. The molecule has 0 saturated heterocycles. The van der Waals surface area contributed by atoms with Gasteiger partial charge in [-0.3, -0.25) is 19.6 Å². The average molecular weight is 1030 g/mol. The van der Waals surface area contributed by atoms with Gasteiger partial charge in [-0.2, -0.15) is 43.9 Å². The molecule has 2 atom stereocenters. The Labute approximate surface area is 400 Å². The van der Waals surface area contributed by atoms with E-state index in [-0.39, 0.29) is 34.9 Å². The first kappa shape index (κ1) is 53.4. The van der Waals surface area contributed by atoms with Gasteiger partial charge in [0, 0.05) is 72.2 Å². The fraction of sp³-hybridized carbons (Fsp3) is 0.250. The van der Waals surface area contributed by atoms with Gasteiger partial charge in [0.25, 0.3) is 11.8 Å². The largest absolute Gasteiger partial charge is 0.431 e. The molecule has 2 heterocycles. The maximum absolute atomic E-state index is 15.8. The predicted molar refractivity (Wildman–Crippen MR) is 232 cm³/mol. The number of aryl methyl sites for hydroxylation is 1. The highest BCUT2D eigenvalue weighted by molar-refractivity contribution is 6.31. The summed E-state index contributed by atoms with van der Waals surface area (Å²) in [4.78, 5) is 40.5. The number of rotatable bonds is 18. The van der Waals surface area contributed by atoms with Crippen LogP contribution in [0.2, 0.25) is 5.02 Å². The molecule has 0 aliphatic rings. The molecule has 71 heavy (non-hydrogen) atoms. The lowest BCUT2D eigenvalue weighted by Crippen LogP contribution is -2.66. The van der Waals surface area contributed by atoms with Crippen LogP contribution in [-0.2, 0) is 52.4 Å². The van der Waals surface area contributed by atoms with Gasteiger partial charge in [-0.05, 0) is 102 Å². The van der Waals surface area contributed by atoms with E-state index < -0.39 is 119 Å². The van der Waals surface area contributed by atoms with Gasteiger partial charge >= 0.3 is 25.6 Å². The number of carbonyl (C=O) groups is 2. The van der Waals surface area contributed by atoms with Crippen LogP contribution in [0, 0.1) is 11.6 Å². The number of aromatic nitrogens is 2. The Bertz CT molecular complexity index is 2810. The molecule has 0 spiro atoms. The van der Waals surface area contributed by atoms with Crippen molar-refractivity contribution in [1.29, 1.82) is 0 Å². The molecule has 0 unspecified atom stereocenters. The maximum atomic E-state index is 15.8. The summed E-state index contributed by atoms with van der Waals surface area (Å²) in [5, 5.41) is 27.1. The van der Waals surface area contributed by atoms with E-state index in [0.29, 0.717) is 59.3 Å². The summed E-state index contributed by atoms with van der Waals surface area (Å²) in [6, 6.07) is 15.3. The molecule has 0 saturated carbocycles. The van der Waals surface area contributed by atoms with Gasteiger partial charge in [0.2, 0.25) is 11.2 Å². The molecule has 0 aliphatic carbocycles. The number of benzene rings is 4. The molecule has 4 aromatic carbocycles. The second-order valence-electron chi connectivity index (χ2n) is 15.4. The molecule has 23 heteroatoms. The van der Waals surface area contributed by atoms with Crippen LogP contribution in [0.15, 0.2) is 122 Å². The molecular formula is C48H37ClF12N4O6. The number of aliphatic hydroxyl groups is 2. The second kappa shape index (κ2) is 21.6. The van der Waals surface area contributed by atoms with Crippen molar-refractivity contribution in [3.63, 3.8) is 0 Å². The van der Waals surface area contributed by atoms with Crippen molar-refractivity contribution in [3.05, 3.63) is 177 Å². The maximum Gasteiger partial charge on any atom is 0.417 e. The standard InChI is InChI=1S/C48H37ClF12N4O6/c1-2-27-23-36(15-17-38(27)49)64(21-19-34-13-7-30(25-62-34)47(56,57)58)41(66)45(68,28-3-9-32(50)10-4-28)46(69,29-5-11-33(51)12-6-29)42(67)65(22-20-35-14-8-31(26-63-35)48(59,60)61)37-16-18-39(70-43(52)53)40(24-37)71-44(54)55/h3-18,23-26,43-44,68-69H,2,19-22H2,1H3/t45-,46+/m1/s1. The van der Waals surface area contributed by atoms with Crippen LogP contribution < -0.4 is 19.3 Å². The molecule has 0 radical (unpaired) electrons. The number of anilines is 2. The summed E-state index contributed by atoms with van der Waals surface area (Å²) in [6.07, 6.45) is -9.37. The minimum Gasteiger partial charge on any atom is -0.431 e. The number of halogens is 13. The van der Waals surface area contributed by atoms with Gasteiger partial charge in [0.05, 0.1) is 11.1 Å². The van der Waals surface area contributed by atoms with Crippen LogP contribution >= 0.6 is 11.6 Å². The molecule has 6 aromatic rings. The van der Waals surface area contributed by atoms with Crippen LogP contribution in [0.25, 0.3) is 0 Å². The average Bonchev–Trinajstić information content (AvgIpc) is 3.32. The van der Waals surface area contributed by atoms with Crippen LogP contribution in [0.1, 0.15) is 46.1 Å². The highest BCUT2D eigenvalue weighted by atomic mass is 35.5. The Balaban J connectivity index is 1.61. The lowest BCUT2D eigenvalue weighted by molar-refractivity contribution is -0.188. The molecular weight excluding hydrogens is 992 g/mol. The van der Waals surface area contributed by atoms with E-state index in [1.165, 1.54) is 18.2 Å². The quantitative estimate of drug-likeness (QED) is 0.0816.